The van der Waals surface area contributed by atoms with E-state index in [1.807, 2.05) is 25.7 Å². The van der Waals surface area contributed by atoms with E-state index in [0.29, 0.717) is 32.7 Å². The molecule has 0 radical (unpaired) electrons. The molecule has 1 aliphatic heterocycles. The zero-order valence-electron chi connectivity index (χ0n) is 12.9. The van der Waals surface area contributed by atoms with Crippen molar-refractivity contribution in [1.82, 2.24) is 9.80 Å². The summed E-state index contributed by atoms with van der Waals surface area (Å²) in [5.74, 6) is 0. The number of nitrogens with zero attached hydrogens (tertiary/aromatic N) is 2. The molecule has 0 saturated carbocycles. The minimum Gasteiger partial charge on any atom is -0.444 e. The van der Waals surface area contributed by atoms with Crippen LogP contribution in [0.4, 0.5) is 4.79 Å². The third-order valence-corrected chi connectivity index (χ3v) is 2.56. The number of piperazine rings is 1. The van der Waals surface area contributed by atoms with Gasteiger partial charge in [-0.15, -0.1) is 0 Å². The molecule has 5 heteroatoms. The zero-order chi connectivity index (χ0) is 14.7. The molecule has 0 aliphatic carbocycles. The van der Waals surface area contributed by atoms with Gasteiger partial charge in [0.1, 0.15) is 5.60 Å². The number of hydrogen-bond donors (Lipinski definition) is 1. The summed E-state index contributed by atoms with van der Waals surface area (Å²) >= 11 is 0. The third-order valence-electron chi connectivity index (χ3n) is 2.56. The average Bonchev–Trinajstić information content (AvgIpc) is 2.23. The molecule has 0 spiro atoms. The van der Waals surface area contributed by atoms with Gasteiger partial charge >= 0.3 is 6.09 Å². The standard InChI is InChI=1S/C12H24N2O3/c1-12(2,3)17-11(16)14-8-6-13(7-9-14)5-4-10-15/h15H,4-10H2,1-3H3/i10D2. The molecular weight excluding hydrogens is 220 g/mol. The molecule has 1 saturated heterocycles. The van der Waals surface area contributed by atoms with Gasteiger partial charge in [0.15, 0.2) is 0 Å². The van der Waals surface area contributed by atoms with Crippen molar-refractivity contribution in [1.29, 1.82) is 0 Å². The molecule has 0 unspecified atom stereocenters. The van der Waals surface area contributed by atoms with Crippen LogP contribution in [0.25, 0.3) is 0 Å². The molecule has 0 atom stereocenters. The number of ether oxygens (including phenoxy) is 1. The van der Waals surface area contributed by atoms with Crippen molar-refractivity contribution in [3.05, 3.63) is 0 Å². The normalized spacial score (nSPS) is 20.8. The Labute approximate surface area is 106 Å². The van der Waals surface area contributed by atoms with Crippen molar-refractivity contribution in [2.45, 2.75) is 32.8 Å². The monoisotopic (exact) mass is 246 g/mol. The molecule has 5 nitrogen and oxygen atoms in total. The fourth-order valence-corrected chi connectivity index (χ4v) is 1.69. The minimum atomic E-state index is -2.12. The second-order valence-corrected chi connectivity index (χ2v) is 5.22. The van der Waals surface area contributed by atoms with E-state index in [4.69, 9.17) is 12.6 Å². The molecule has 17 heavy (non-hydrogen) atoms. The van der Waals surface area contributed by atoms with E-state index in [-0.39, 0.29) is 12.5 Å². The highest BCUT2D eigenvalue weighted by molar-refractivity contribution is 5.68. The lowest BCUT2D eigenvalue weighted by Gasteiger charge is -2.35. The molecule has 1 rings (SSSR count). The van der Waals surface area contributed by atoms with Crippen LogP contribution < -0.4 is 0 Å². The van der Waals surface area contributed by atoms with E-state index in [0.717, 1.165) is 0 Å². The van der Waals surface area contributed by atoms with Crippen LogP contribution in [0, 0.1) is 0 Å². The number of aliphatic hydroxyl groups is 1. The van der Waals surface area contributed by atoms with E-state index in [9.17, 15) is 4.79 Å². The summed E-state index contributed by atoms with van der Waals surface area (Å²) < 4.78 is 19.4. The molecular formula is C12H24N2O3. The quantitative estimate of drug-likeness (QED) is 0.804. The van der Waals surface area contributed by atoms with Crippen LogP contribution in [-0.2, 0) is 4.74 Å². The molecule has 0 aromatic carbocycles. The van der Waals surface area contributed by atoms with Crippen molar-refractivity contribution in [2.24, 2.45) is 0 Å². The van der Waals surface area contributed by atoms with E-state index in [1.54, 1.807) is 4.90 Å². The van der Waals surface area contributed by atoms with Gasteiger partial charge in [-0.25, -0.2) is 4.79 Å². The lowest BCUT2D eigenvalue weighted by molar-refractivity contribution is 0.0141. The molecule has 1 N–H and O–H groups in total. The Balaban J connectivity index is 2.31. The number of amides is 1. The van der Waals surface area contributed by atoms with Gasteiger partial charge in [0.2, 0.25) is 0 Å². The van der Waals surface area contributed by atoms with Crippen molar-refractivity contribution >= 4 is 6.09 Å². The highest BCUT2D eigenvalue weighted by Gasteiger charge is 2.25. The summed E-state index contributed by atoms with van der Waals surface area (Å²) in [6.45, 7) is 6.38. The highest BCUT2D eigenvalue weighted by atomic mass is 16.6. The van der Waals surface area contributed by atoms with E-state index in [2.05, 4.69) is 0 Å². The summed E-state index contributed by atoms with van der Waals surface area (Å²) in [4.78, 5) is 15.5. The van der Waals surface area contributed by atoms with Crippen molar-refractivity contribution in [2.75, 3.05) is 39.3 Å². The fourth-order valence-electron chi connectivity index (χ4n) is 1.69. The summed E-state index contributed by atoms with van der Waals surface area (Å²) in [7, 11) is 0. The van der Waals surface area contributed by atoms with E-state index in [1.165, 1.54) is 0 Å². The summed E-state index contributed by atoms with van der Waals surface area (Å²) in [5, 5.41) is 9.04. The second kappa shape index (κ2) is 6.21. The maximum Gasteiger partial charge on any atom is 0.410 e. The SMILES string of the molecule is [2H]C([2H])(O)CCN1CCN(C(=O)OC(C)(C)C)CC1. The lowest BCUT2D eigenvalue weighted by atomic mass is 10.2. The molecule has 100 valence electrons. The summed E-state index contributed by atoms with van der Waals surface area (Å²) in [6, 6.07) is 0. The Morgan fingerprint density at radius 1 is 1.35 bits per heavy atom. The first-order valence-corrected chi connectivity index (χ1v) is 5.99. The molecule has 0 aromatic rings. The van der Waals surface area contributed by atoms with Gasteiger partial charge in [-0.3, -0.25) is 4.90 Å². The summed E-state index contributed by atoms with van der Waals surface area (Å²) in [6.07, 6.45) is -0.218. The third kappa shape index (κ3) is 5.37. The first-order chi connectivity index (χ1) is 8.57. The van der Waals surface area contributed by atoms with E-state index >= 15 is 0 Å². The van der Waals surface area contributed by atoms with Crippen molar-refractivity contribution in [3.63, 3.8) is 0 Å². The molecule has 1 aliphatic rings. The Kier molecular flexibility index (Phi) is 4.13. The topological polar surface area (TPSA) is 53.0 Å². The number of carbonyl (C=O) groups is 1. The fraction of sp³-hybridized carbons (Fsp3) is 0.917. The Morgan fingerprint density at radius 3 is 2.41 bits per heavy atom. The zero-order valence-corrected chi connectivity index (χ0v) is 10.9. The van der Waals surface area contributed by atoms with Crippen LogP contribution >= 0.6 is 0 Å². The van der Waals surface area contributed by atoms with Crippen LogP contribution in [0.15, 0.2) is 0 Å². The van der Waals surface area contributed by atoms with Gasteiger partial charge in [-0.05, 0) is 27.2 Å². The first kappa shape index (κ1) is 11.3. The van der Waals surface area contributed by atoms with Crippen LogP contribution in [0.5, 0.6) is 0 Å². The molecule has 1 fully saturated rings. The van der Waals surface area contributed by atoms with Crippen molar-refractivity contribution < 1.29 is 17.4 Å². The number of rotatable bonds is 3. The predicted octanol–water partition coefficient (Wildman–Crippen LogP) is 0.921. The molecule has 1 heterocycles. The number of carbonyl (C=O) groups excluding carboxylic acids is 1. The molecule has 0 aromatic heterocycles. The lowest BCUT2D eigenvalue weighted by Crippen LogP contribution is -2.50. The molecule has 0 bridgehead atoms. The highest BCUT2D eigenvalue weighted by Crippen LogP contribution is 2.11. The average molecular weight is 246 g/mol. The van der Waals surface area contributed by atoms with Crippen LogP contribution in [-0.4, -0.2) is 65.9 Å². The summed E-state index contributed by atoms with van der Waals surface area (Å²) in [5.41, 5.74) is -0.485. The van der Waals surface area contributed by atoms with Gasteiger partial charge < -0.3 is 14.7 Å². The van der Waals surface area contributed by atoms with Gasteiger partial charge in [-0.2, -0.15) is 0 Å². The minimum absolute atomic E-state index is 0.0828. The largest absolute Gasteiger partial charge is 0.444 e. The van der Waals surface area contributed by atoms with Gasteiger partial charge in [0, 0.05) is 39.3 Å². The smallest absolute Gasteiger partial charge is 0.410 e. The number of hydrogen-bond acceptors (Lipinski definition) is 4. The molecule has 1 amide bonds. The predicted molar refractivity (Wildman–Crippen MR) is 65.9 cm³/mol. The van der Waals surface area contributed by atoms with Gasteiger partial charge in [0.25, 0.3) is 0 Å². The first-order valence-electron chi connectivity index (χ1n) is 6.99. The van der Waals surface area contributed by atoms with Crippen LogP contribution in [0.3, 0.4) is 0 Å². The maximum absolute atomic E-state index is 11.8. The Hall–Kier alpha value is -0.810. The Bertz CT molecular complexity index is 305. The van der Waals surface area contributed by atoms with Gasteiger partial charge in [-0.1, -0.05) is 0 Å². The Morgan fingerprint density at radius 2 is 1.94 bits per heavy atom. The van der Waals surface area contributed by atoms with Crippen molar-refractivity contribution in [3.8, 4) is 0 Å². The van der Waals surface area contributed by atoms with E-state index < -0.39 is 12.2 Å². The second-order valence-electron chi connectivity index (χ2n) is 5.22. The van der Waals surface area contributed by atoms with Crippen LogP contribution in [0.1, 0.15) is 29.9 Å². The van der Waals surface area contributed by atoms with Gasteiger partial charge in [0.05, 0.1) is 2.74 Å². The maximum atomic E-state index is 11.8. The van der Waals surface area contributed by atoms with Crippen LogP contribution in [0.2, 0.25) is 0 Å².